The number of rotatable bonds is 2. The fourth-order valence-electron chi connectivity index (χ4n) is 5.11. The second-order valence-corrected chi connectivity index (χ2v) is 7.84. The van der Waals surface area contributed by atoms with Crippen LogP contribution in [0.4, 0.5) is 0 Å². The molecule has 112 valence electrons. The van der Waals surface area contributed by atoms with Gasteiger partial charge < -0.3 is 9.84 Å². The zero-order valence-corrected chi connectivity index (χ0v) is 13.1. The smallest absolute Gasteiger partial charge is 0.125 e. The first-order valence-corrected chi connectivity index (χ1v) is 8.22. The van der Waals surface area contributed by atoms with Gasteiger partial charge in [0.2, 0.25) is 0 Å². The van der Waals surface area contributed by atoms with Crippen LogP contribution in [0.5, 0.6) is 5.75 Å². The van der Waals surface area contributed by atoms with Gasteiger partial charge in [-0.2, -0.15) is 0 Å². The minimum absolute atomic E-state index is 0.0394. The third-order valence-corrected chi connectivity index (χ3v) is 6.03. The highest BCUT2D eigenvalue weighted by molar-refractivity contribution is 6.24. The molecule has 1 aromatic carbocycles. The van der Waals surface area contributed by atoms with Gasteiger partial charge in [0.1, 0.15) is 11.5 Å². The van der Waals surface area contributed by atoms with E-state index in [2.05, 4.69) is 0 Å². The Bertz CT molecular complexity index is 589. The van der Waals surface area contributed by atoms with Crippen molar-refractivity contribution in [1.82, 2.24) is 0 Å². The van der Waals surface area contributed by atoms with E-state index < -0.39 is 0 Å². The van der Waals surface area contributed by atoms with Crippen molar-refractivity contribution in [3.8, 4) is 5.75 Å². The lowest BCUT2D eigenvalue weighted by Crippen LogP contribution is -2.48. The molecule has 4 fully saturated rings. The number of hydrogen-bond acceptors (Lipinski definition) is 2. The number of phenolic OH excluding ortho intramolecular Hbond substituents is 1. The van der Waals surface area contributed by atoms with E-state index in [1.807, 2.05) is 12.1 Å². The third kappa shape index (κ3) is 2.15. The summed E-state index contributed by atoms with van der Waals surface area (Å²) in [7, 11) is 1.74. The third-order valence-electron chi connectivity index (χ3n) is 5.57. The van der Waals surface area contributed by atoms with E-state index in [0.717, 1.165) is 30.1 Å². The molecule has 0 aromatic heterocycles. The molecule has 0 aliphatic heterocycles. The SMILES string of the molecule is COC(=C1[C@@H]2CC3C[C@H]1CC(Cl)(C3)C2)c1cccc(O)c1. The minimum atomic E-state index is 0.0394. The van der Waals surface area contributed by atoms with Crippen LogP contribution in [-0.4, -0.2) is 17.1 Å². The lowest BCUT2D eigenvalue weighted by atomic mass is 9.53. The van der Waals surface area contributed by atoms with Crippen LogP contribution in [0.25, 0.3) is 5.76 Å². The van der Waals surface area contributed by atoms with Gasteiger partial charge in [0.25, 0.3) is 0 Å². The van der Waals surface area contributed by atoms with Crippen molar-refractivity contribution in [2.45, 2.75) is 37.0 Å². The number of ether oxygens (including phenoxy) is 1. The van der Waals surface area contributed by atoms with Gasteiger partial charge in [0, 0.05) is 10.4 Å². The Kier molecular flexibility index (Phi) is 3.01. The van der Waals surface area contributed by atoms with Gasteiger partial charge >= 0.3 is 0 Å². The lowest BCUT2D eigenvalue weighted by molar-refractivity contribution is 0.0843. The van der Waals surface area contributed by atoms with Crippen molar-refractivity contribution in [1.29, 1.82) is 0 Å². The second kappa shape index (κ2) is 4.67. The fourth-order valence-corrected chi connectivity index (χ4v) is 5.70. The van der Waals surface area contributed by atoms with Crippen molar-refractivity contribution < 1.29 is 9.84 Å². The van der Waals surface area contributed by atoms with E-state index in [0.29, 0.717) is 17.6 Å². The first-order chi connectivity index (χ1) is 10.1. The second-order valence-electron chi connectivity index (χ2n) is 7.03. The first-order valence-electron chi connectivity index (χ1n) is 7.84. The maximum atomic E-state index is 9.75. The van der Waals surface area contributed by atoms with E-state index in [-0.39, 0.29) is 4.87 Å². The van der Waals surface area contributed by atoms with E-state index in [1.165, 1.54) is 24.8 Å². The summed E-state index contributed by atoms with van der Waals surface area (Å²) in [5.41, 5.74) is 2.44. The number of halogens is 1. The van der Waals surface area contributed by atoms with E-state index in [1.54, 1.807) is 19.2 Å². The minimum Gasteiger partial charge on any atom is -0.508 e. The molecule has 4 aliphatic rings. The van der Waals surface area contributed by atoms with E-state index in [9.17, 15) is 5.11 Å². The number of alkyl halides is 1. The molecule has 1 aromatic rings. The van der Waals surface area contributed by atoms with Gasteiger partial charge in [-0.15, -0.1) is 11.6 Å². The Labute approximate surface area is 130 Å². The predicted octanol–water partition coefficient (Wildman–Crippen LogP) is 4.57. The molecule has 2 unspecified atom stereocenters. The molecule has 4 aliphatic carbocycles. The summed E-state index contributed by atoms with van der Waals surface area (Å²) in [5.74, 6) is 3.18. The monoisotopic (exact) mass is 304 g/mol. The number of aromatic hydroxyl groups is 1. The zero-order valence-electron chi connectivity index (χ0n) is 12.3. The van der Waals surface area contributed by atoms with Gasteiger partial charge in [-0.25, -0.2) is 0 Å². The molecule has 0 saturated heterocycles. The van der Waals surface area contributed by atoms with Crippen LogP contribution < -0.4 is 0 Å². The average Bonchev–Trinajstić information content (AvgIpc) is 2.41. The highest BCUT2D eigenvalue weighted by Gasteiger charge is 2.53. The molecule has 0 spiro atoms. The summed E-state index contributed by atoms with van der Waals surface area (Å²) in [4.78, 5) is 0.0394. The predicted molar refractivity (Wildman–Crippen MR) is 84.2 cm³/mol. The molecule has 21 heavy (non-hydrogen) atoms. The first kappa shape index (κ1) is 13.5. The van der Waals surface area contributed by atoms with Crippen LogP contribution in [0, 0.1) is 17.8 Å². The summed E-state index contributed by atoms with van der Waals surface area (Å²) < 4.78 is 5.78. The highest BCUT2D eigenvalue weighted by atomic mass is 35.5. The number of hydrogen-bond donors (Lipinski definition) is 1. The molecule has 4 saturated carbocycles. The normalized spacial score (nSPS) is 39.4. The molecular formula is C18H21ClO2. The molecule has 0 radical (unpaired) electrons. The van der Waals surface area contributed by atoms with Gasteiger partial charge in [-0.05, 0) is 67.6 Å². The molecule has 0 amide bonds. The lowest BCUT2D eigenvalue weighted by Gasteiger charge is -2.55. The zero-order chi connectivity index (χ0) is 14.6. The Morgan fingerprint density at radius 1 is 1.24 bits per heavy atom. The fraction of sp³-hybridized carbons (Fsp3) is 0.556. The van der Waals surface area contributed by atoms with Crippen LogP contribution in [0.1, 0.15) is 37.7 Å². The summed E-state index contributed by atoms with van der Waals surface area (Å²) >= 11 is 6.81. The van der Waals surface area contributed by atoms with Gasteiger partial charge in [0.15, 0.2) is 0 Å². The van der Waals surface area contributed by atoms with Crippen molar-refractivity contribution in [3.05, 3.63) is 35.4 Å². The van der Waals surface area contributed by atoms with Gasteiger partial charge in [-0.3, -0.25) is 0 Å². The van der Waals surface area contributed by atoms with Crippen LogP contribution >= 0.6 is 11.6 Å². The molecule has 5 rings (SSSR count). The largest absolute Gasteiger partial charge is 0.508 e. The molecule has 4 bridgehead atoms. The molecule has 0 heterocycles. The average molecular weight is 305 g/mol. The van der Waals surface area contributed by atoms with E-state index in [4.69, 9.17) is 16.3 Å². The molecule has 2 nitrogen and oxygen atoms in total. The summed E-state index contributed by atoms with van der Waals surface area (Å²) in [5, 5.41) is 9.75. The summed E-state index contributed by atoms with van der Waals surface area (Å²) in [6, 6.07) is 7.40. The van der Waals surface area contributed by atoms with Gasteiger partial charge in [-0.1, -0.05) is 12.1 Å². The Hall–Kier alpha value is -1.15. The number of methoxy groups -OCH3 is 1. The van der Waals surface area contributed by atoms with Crippen LogP contribution in [0.2, 0.25) is 0 Å². The quantitative estimate of drug-likeness (QED) is 0.641. The van der Waals surface area contributed by atoms with Crippen LogP contribution in [-0.2, 0) is 4.74 Å². The number of phenols is 1. The molecular weight excluding hydrogens is 284 g/mol. The van der Waals surface area contributed by atoms with Gasteiger partial charge in [0.05, 0.1) is 7.11 Å². The van der Waals surface area contributed by atoms with Crippen molar-refractivity contribution in [3.63, 3.8) is 0 Å². The summed E-state index contributed by atoms with van der Waals surface area (Å²) in [6.07, 6.45) is 5.88. The standard InChI is InChI=1S/C18H21ClO2/c1-21-17(12-3-2-4-15(20)7-12)16-13-5-11-6-14(16)10-18(19,8-11)9-13/h2-4,7,11,13-14,20H,5-6,8-10H2,1H3/t11?,13-,14+,18?. The maximum absolute atomic E-state index is 9.75. The van der Waals surface area contributed by atoms with Crippen molar-refractivity contribution >= 4 is 17.4 Å². The Morgan fingerprint density at radius 2 is 1.95 bits per heavy atom. The summed E-state index contributed by atoms with van der Waals surface area (Å²) in [6.45, 7) is 0. The Balaban J connectivity index is 1.80. The molecule has 1 N–H and O–H groups in total. The molecule has 3 heteroatoms. The van der Waals surface area contributed by atoms with Crippen molar-refractivity contribution in [2.24, 2.45) is 17.8 Å². The van der Waals surface area contributed by atoms with Crippen molar-refractivity contribution in [2.75, 3.05) is 7.11 Å². The number of benzene rings is 1. The van der Waals surface area contributed by atoms with Crippen LogP contribution in [0.3, 0.4) is 0 Å². The van der Waals surface area contributed by atoms with E-state index >= 15 is 0 Å². The molecule has 4 atom stereocenters. The highest BCUT2D eigenvalue weighted by Crippen LogP contribution is 2.61. The number of allylic oxidation sites excluding steroid dienone is 1. The van der Waals surface area contributed by atoms with Crippen LogP contribution in [0.15, 0.2) is 29.8 Å². The topological polar surface area (TPSA) is 29.5 Å². The Morgan fingerprint density at radius 3 is 2.52 bits per heavy atom. The maximum Gasteiger partial charge on any atom is 0.125 e.